The molecule has 5 nitrogen and oxygen atoms in total. The molecule has 0 bridgehead atoms. The largest absolute Gasteiger partial charge is 0.479 e. The first-order valence-electron chi connectivity index (χ1n) is 7.25. The van der Waals surface area contributed by atoms with Crippen LogP contribution in [0.4, 0.5) is 0 Å². The molecule has 0 fully saturated rings. The number of halogens is 2. The molecule has 0 aliphatic rings. The first-order chi connectivity index (χ1) is 10.7. The number of carbonyl (C=O) groups is 2. The van der Waals surface area contributed by atoms with Crippen LogP contribution in [0.15, 0.2) is 18.2 Å². The van der Waals surface area contributed by atoms with Gasteiger partial charge in [-0.25, -0.2) is 4.79 Å². The summed E-state index contributed by atoms with van der Waals surface area (Å²) in [7, 11) is 1.29. The van der Waals surface area contributed by atoms with Crippen molar-refractivity contribution in [1.29, 1.82) is 0 Å². The summed E-state index contributed by atoms with van der Waals surface area (Å²) in [5, 5.41) is 3.47. The third kappa shape index (κ3) is 5.29. The molecule has 1 aromatic carbocycles. The van der Waals surface area contributed by atoms with Crippen LogP contribution in [0.2, 0.25) is 10.0 Å². The van der Waals surface area contributed by atoms with Gasteiger partial charge >= 0.3 is 5.97 Å². The Labute approximate surface area is 146 Å². The van der Waals surface area contributed by atoms with E-state index in [1.54, 1.807) is 26.0 Å². The maximum Gasteiger partial charge on any atom is 0.331 e. The van der Waals surface area contributed by atoms with E-state index in [0.717, 1.165) is 0 Å². The molecule has 0 aliphatic heterocycles. The minimum absolute atomic E-state index is 0.307. The number of carbonyl (C=O) groups excluding carboxylic acids is 2. The van der Waals surface area contributed by atoms with E-state index in [4.69, 9.17) is 32.7 Å². The summed E-state index contributed by atoms with van der Waals surface area (Å²) in [5.41, 5.74) is -1.10. The Balaban J connectivity index is 2.81. The number of rotatable bonds is 7. The molecular formula is C16H21Cl2NO4. The molecular weight excluding hydrogens is 341 g/mol. The van der Waals surface area contributed by atoms with Gasteiger partial charge < -0.3 is 14.8 Å². The van der Waals surface area contributed by atoms with Gasteiger partial charge in [0.15, 0.2) is 6.10 Å². The molecule has 1 rings (SSSR count). The first kappa shape index (κ1) is 19.6. The minimum atomic E-state index is -1.10. The normalized spacial score (nSPS) is 14.5. The molecule has 0 saturated carbocycles. The quantitative estimate of drug-likeness (QED) is 0.753. The van der Waals surface area contributed by atoms with Crippen molar-refractivity contribution in [2.24, 2.45) is 0 Å². The molecule has 128 valence electrons. The van der Waals surface area contributed by atoms with Crippen molar-refractivity contribution < 1.29 is 19.1 Å². The zero-order valence-corrected chi connectivity index (χ0v) is 15.1. The lowest BCUT2D eigenvalue weighted by Gasteiger charge is -2.29. The topological polar surface area (TPSA) is 64.6 Å². The molecule has 1 N–H and O–H groups in total. The smallest absolute Gasteiger partial charge is 0.331 e. The highest BCUT2D eigenvalue weighted by Crippen LogP contribution is 2.28. The van der Waals surface area contributed by atoms with Crippen LogP contribution in [0.3, 0.4) is 0 Å². The van der Waals surface area contributed by atoms with Crippen LogP contribution in [-0.4, -0.2) is 30.6 Å². The van der Waals surface area contributed by atoms with Crippen LogP contribution < -0.4 is 10.1 Å². The third-order valence-electron chi connectivity index (χ3n) is 3.35. The lowest BCUT2D eigenvalue weighted by atomic mass is 9.96. The Hall–Kier alpha value is -1.46. The molecule has 0 aliphatic carbocycles. The van der Waals surface area contributed by atoms with Crippen LogP contribution >= 0.6 is 23.2 Å². The lowest BCUT2D eigenvalue weighted by Crippen LogP contribution is -2.55. The van der Waals surface area contributed by atoms with E-state index in [1.165, 1.54) is 13.2 Å². The molecule has 1 aromatic rings. The molecule has 0 radical (unpaired) electrons. The van der Waals surface area contributed by atoms with Crippen molar-refractivity contribution in [2.75, 3.05) is 7.11 Å². The van der Waals surface area contributed by atoms with Crippen molar-refractivity contribution >= 4 is 35.1 Å². The van der Waals surface area contributed by atoms with Gasteiger partial charge in [0.05, 0.1) is 12.1 Å². The van der Waals surface area contributed by atoms with Crippen LogP contribution in [0, 0.1) is 0 Å². The van der Waals surface area contributed by atoms with Crippen molar-refractivity contribution in [2.45, 2.75) is 45.3 Å². The number of ether oxygens (including phenoxy) is 2. The fraction of sp³-hybridized carbons (Fsp3) is 0.500. The molecule has 0 aromatic heterocycles. The zero-order valence-electron chi connectivity index (χ0n) is 13.6. The van der Waals surface area contributed by atoms with E-state index in [-0.39, 0.29) is 0 Å². The van der Waals surface area contributed by atoms with Crippen LogP contribution in [-0.2, 0) is 14.3 Å². The average molecular weight is 362 g/mol. The van der Waals surface area contributed by atoms with Crippen LogP contribution in [0.5, 0.6) is 5.75 Å². The van der Waals surface area contributed by atoms with Gasteiger partial charge in [0.2, 0.25) is 0 Å². The number of hydrogen-bond donors (Lipinski definition) is 1. The summed E-state index contributed by atoms with van der Waals surface area (Å²) in [4.78, 5) is 24.2. The highest BCUT2D eigenvalue weighted by molar-refractivity contribution is 6.35. The first-order valence-corrected chi connectivity index (χ1v) is 8.01. The molecule has 0 spiro atoms. The number of nitrogens with one attached hydrogen (secondary N) is 1. The molecule has 0 heterocycles. The highest BCUT2D eigenvalue weighted by Gasteiger charge is 2.36. The van der Waals surface area contributed by atoms with E-state index >= 15 is 0 Å². The van der Waals surface area contributed by atoms with E-state index in [1.807, 2.05) is 6.92 Å². The summed E-state index contributed by atoms with van der Waals surface area (Å²) in [6.45, 7) is 5.12. The lowest BCUT2D eigenvalue weighted by molar-refractivity contribution is -0.151. The zero-order chi connectivity index (χ0) is 17.6. The predicted octanol–water partition coefficient (Wildman–Crippen LogP) is 3.61. The van der Waals surface area contributed by atoms with E-state index in [2.05, 4.69) is 5.32 Å². The van der Waals surface area contributed by atoms with Gasteiger partial charge in [0.25, 0.3) is 5.91 Å². The SMILES string of the molecule is CCCC(C)(NC(=O)C(C)Oc1ccc(Cl)cc1Cl)C(=O)OC. The second-order valence-corrected chi connectivity index (χ2v) is 6.24. The summed E-state index contributed by atoms with van der Waals surface area (Å²) in [5.74, 6) is -0.587. The second kappa shape index (κ2) is 8.41. The molecule has 23 heavy (non-hydrogen) atoms. The van der Waals surface area contributed by atoms with Gasteiger partial charge in [0.1, 0.15) is 11.3 Å². The highest BCUT2D eigenvalue weighted by atomic mass is 35.5. The van der Waals surface area contributed by atoms with Gasteiger partial charge in [-0.1, -0.05) is 36.5 Å². The Kier molecular flexibility index (Phi) is 7.16. The number of amides is 1. The van der Waals surface area contributed by atoms with Crippen molar-refractivity contribution in [1.82, 2.24) is 5.32 Å². The number of hydrogen-bond acceptors (Lipinski definition) is 4. The van der Waals surface area contributed by atoms with E-state index in [0.29, 0.717) is 28.6 Å². The second-order valence-electron chi connectivity index (χ2n) is 5.40. The summed E-state index contributed by atoms with van der Waals surface area (Å²) in [6, 6.07) is 4.72. The third-order valence-corrected chi connectivity index (χ3v) is 3.88. The van der Waals surface area contributed by atoms with Gasteiger partial charge in [0, 0.05) is 5.02 Å². The van der Waals surface area contributed by atoms with Crippen molar-refractivity contribution in [3.8, 4) is 5.75 Å². The summed E-state index contributed by atoms with van der Waals surface area (Å²) >= 11 is 11.8. The number of methoxy groups -OCH3 is 1. The molecule has 2 atom stereocenters. The van der Waals surface area contributed by atoms with Gasteiger partial charge in [-0.2, -0.15) is 0 Å². The van der Waals surface area contributed by atoms with Crippen LogP contribution in [0.25, 0.3) is 0 Å². The van der Waals surface area contributed by atoms with Gasteiger partial charge in [-0.3, -0.25) is 4.79 Å². The number of benzene rings is 1. The fourth-order valence-corrected chi connectivity index (χ4v) is 2.58. The van der Waals surface area contributed by atoms with Gasteiger partial charge in [-0.15, -0.1) is 0 Å². The van der Waals surface area contributed by atoms with Crippen LogP contribution in [0.1, 0.15) is 33.6 Å². The fourth-order valence-electron chi connectivity index (χ4n) is 2.13. The average Bonchev–Trinajstić information content (AvgIpc) is 2.49. The van der Waals surface area contributed by atoms with E-state index in [9.17, 15) is 9.59 Å². The molecule has 1 amide bonds. The minimum Gasteiger partial charge on any atom is -0.479 e. The Bertz CT molecular complexity index is 579. The maximum atomic E-state index is 12.3. The Morgan fingerprint density at radius 2 is 2.00 bits per heavy atom. The Morgan fingerprint density at radius 3 is 2.52 bits per heavy atom. The Morgan fingerprint density at radius 1 is 1.35 bits per heavy atom. The number of esters is 1. The molecule has 7 heteroatoms. The van der Waals surface area contributed by atoms with Gasteiger partial charge in [-0.05, 0) is 38.5 Å². The van der Waals surface area contributed by atoms with Crippen molar-refractivity contribution in [3.05, 3.63) is 28.2 Å². The van der Waals surface area contributed by atoms with E-state index < -0.39 is 23.5 Å². The van der Waals surface area contributed by atoms with Crippen molar-refractivity contribution in [3.63, 3.8) is 0 Å². The summed E-state index contributed by atoms with van der Waals surface area (Å²) < 4.78 is 10.3. The molecule has 2 unspecified atom stereocenters. The summed E-state index contributed by atoms with van der Waals surface area (Å²) in [6.07, 6.45) is 0.332. The molecule has 0 saturated heterocycles. The maximum absolute atomic E-state index is 12.3. The monoisotopic (exact) mass is 361 g/mol. The predicted molar refractivity (Wildman–Crippen MR) is 90.0 cm³/mol. The standard InChI is InChI=1S/C16H21Cl2NO4/c1-5-8-16(3,15(21)22-4)19-14(20)10(2)23-13-7-6-11(17)9-12(13)18/h6-7,9-10H,5,8H2,1-4H3,(H,19,20).